The van der Waals surface area contributed by atoms with Gasteiger partial charge in [0.1, 0.15) is 5.69 Å². The minimum Gasteiger partial charge on any atom is -0.462 e. The molecule has 1 aromatic heterocycles. The molecule has 0 unspecified atom stereocenters. The van der Waals surface area contributed by atoms with Gasteiger partial charge in [0.05, 0.1) is 30.2 Å². The van der Waals surface area contributed by atoms with E-state index < -0.39 is 0 Å². The van der Waals surface area contributed by atoms with Gasteiger partial charge < -0.3 is 9.84 Å². The second-order valence-electron chi connectivity index (χ2n) is 4.38. The fraction of sp³-hybridized carbons (Fsp3) is 0.357. The molecule has 106 valence electrons. The molecule has 0 amide bonds. The van der Waals surface area contributed by atoms with Crippen molar-refractivity contribution in [3.8, 4) is 5.69 Å². The lowest BCUT2D eigenvalue weighted by atomic mass is 10.2. The normalized spacial score (nSPS) is 10.6. The van der Waals surface area contributed by atoms with Crippen LogP contribution in [0.1, 0.15) is 35.1 Å². The third kappa shape index (κ3) is 2.85. The Labute approximate surface area is 117 Å². The van der Waals surface area contributed by atoms with E-state index in [1.165, 1.54) is 0 Å². The lowest BCUT2D eigenvalue weighted by molar-refractivity contribution is 0.0505. The number of hydrogen-bond acceptors (Lipinski definition) is 5. The van der Waals surface area contributed by atoms with Crippen LogP contribution in [0.3, 0.4) is 0 Å². The second-order valence-corrected chi connectivity index (χ2v) is 4.38. The van der Waals surface area contributed by atoms with Crippen molar-refractivity contribution in [1.82, 2.24) is 15.0 Å². The number of nitrogens with zero attached hydrogens (tertiary/aromatic N) is 3. The van der Waals surface area contributed by atoms with Crippen LogP contribution in [-0.2, 0) is 11.3 Å². The van der Waals surface area contributed by atoms with Crippen LogP contribution < -0.4 is 0 Å². The smallest absolute Gasteiger partial charge is 0.338 e. The highest BCUT2D eigenvalue weighted by Crippen LogP contribution is 2.14. The van der Waals surface area contributed by atoms with Gasteiger partial charge in [-0.05, 0) is 31.5 Å². The summed E-state index contributed by atoms with van der Waals surface area (Å²) in [5, 5.41) is 17.0. The van der Waals surface area contributed by atoms with E-state index in [-0.39, 0.29) is 12.6 Å². The number of benzene rings is 1. The summed E-state index contributed by atoms with van der Waals surface area (Å²) in [5.74, 6) is -0.353. The average molecular weight is 275 g/mol. The Kier molecular flexibility index (Phi) is 4.47. The van der Waals surface area contributed by atoms with Crippen LogP contribution in [0.5, 0.6) is 0 Å². The monoisotopic (exact) mass is 275 g/mol. The van der Waals surface area contributed by atoms with Crippen LogP contribution in [0.4, 0.5) is 0 Å². The Morgan fingerprint density at radius 1 is 1.45 bits per heavy atom. The van der Waals surface area contributed by atoms with Gasteiger partial charge in [0.2, 0.25) is 0 Å². The Bertz CT molecular complexity index is 607. The summed E-state index contributed by atoms with van der Waals surface area (Å²) in [7, 11) is 0. The van der Waals surface area contributed by atoms with Gasteiger partial charge in [-0.15, -0.1) is 5.10 Å². The highest BCUT2D eigenvalue weighted by Gasteiger charge is 2.12. The maximum Gasteiger partial charge on any atom is 0.338 e. The van der Waals surface area contributed by atoms with Crippen LogP contribution in [0.15, 0.2) is 24.3 Å². The first-order valence-electron chi connectivity index (χ1n) is 6.47. The van der Waals surface area contributed by atoms with E-state index >= 15 is 0 Å². The van der Waals surface area contributed by atoms with Crippen LogP contribution in [0.25, 0.3) is 5.69 Å². The summed E-state index contributed by atoms with van der Waals surface area (Å²) >= 11 is 0. The van der Waals surface area contributed by atoms with Gasteiger partial charge in [0.25, 0.3) is 0 Å². The average Bonchev–Trinajstić information content (AvgIpc) is 2.85. The van der Waals surface area contributed by atoms with Crippen LogP contribution in [0.2, 0.25) is 0 Å². The summed E-state index contributed by atoms with van der Waals surface area (Å²) in [6, 6.07) is 6.97. The molecule has 0 radical (unpaired) electrons. The molecule has 0 aliphatic rings. The topological polar surface area (TPSA) is 77.2 Å². The van der Waals surface area contributed by atoms with Crippen molar-refractivity contribution in [3.63, 3.8) is 0 Å². The predicted molar refractivity (Wildman–Crippen MR) is 72.6 cm³/mol. The molecule has 0 aliphatic heterocycles. The SMILES string of the molecule is CCCOC(=O)c1cccc(-n2nnc(CO)c2C)c1. The second kappa shape index (κ2) is 6.29. The van der Waals surface area contributed by atoms with E-state index in [1.54, 1.807) is 22.9 Å². The number of aliphatic hydroxyl groups excluding tert-OH is 1. The highest BCUT2D eigenvalue weighted by molar-refractivity contribution is 5.90. The van der Waals surface area contributed by atoms with E-state index in [1.807, 2.05) is 19.9 Å². The minimum absolute atomic E-state index is 0.163. The molecule has 6 heteroatoms. The van der Waals surface area contributed by atoms with E-state index in [9.17, 15) is 4.79 Å². The fourth-order valence-electron chi connectivity index (χ4n) is 1.79. The maximum absolute atomic E-state index is 11.8. The molecule has 1 N–H and O–H groups in total. The summed E-state index contributed by atoms with van der Waals surface area (Å²) in [5.41, 5.74) is 2.44. The molecule has 0 spiro atoms. The van der Waals surface area contributed by atoms with E-state index in [4.69, 9.17) is 9.84 Å². The Hall–Kier alpha value is -2.21. The summed E-state index contributed by atoms with van der Waals surface area (Å²) in [6.45, 7) is 4.00. The molecule has 2 aromatic rings. The van der Waals surface area contributed by atoms with Crippen molar-refractivity contribution in [2.45, 2.75) is 26.9 Å². The third-order valence-electron chi connectivity index (χ3n) is 2.90. The highest BCUT2D eigenvalue weighted by atomic mass is 16.5. The zero-order valence-corrected chi connectivity index (χ0v) is 11.5. The lowest BCUT2D eigenvalue weighted by Crippen LogP contribution is -2.07. The lowest BCUT2D eigenvalue weighted by Gasteiger charge is -2.07. The molecular weight excluding hydrogens is 258 g/mol. The zero-order chi connectivity index (χ0) is 14.5. The Morgan fingerprint density at radius 3 is 2.90 bits per heavy atom. The number of carbonyl (C=O) groups excluding carboxylic acids is 1. The first-order chi connectivity index (χ1) is 9.67. The minimum atomic E-state index is -0.353. The number of aromatic nitrogens is 3. The molecule has 6 nitrogen and oxygen atoms in total. The molecule has 1 aromatic carbocycles. The molecule has 0 saturated heterocycles. The quantitative estimate of drug-likeness (QED) is 0.839. The summed E-state index contributed by atoms with van der Waals surface area (Å²) in [6.07, 6.45) is 0.785. The Morgan fingerprint density at radius 2 is 2.25 bits per heavy atom. The first kappa shape index (κ1) is 14.2. The summed E-state index contributed by atoms with van der Waals surface area (Å²) < 4.78 is 6.69. The maximum atomic E-state index is 11.8. The van der Waals surface area contributed by atoms with Gasteiger partial charge in [0, 0.05) is 0 Å². The van der Waals surface area contributed by atoms with Crippen molar-refractivity contribution >= 4 is 5.97 Å². The van der Waals surface area contributed by atoms with E-state index in [0.717, 1.165) is 12.1 Å². The van der Waals surface area contributed by atoms with Crippen molar-refractivity contribution in [2.75, 3.05) is 6.61 Å². The number of esters is 1. The fourth-order valence-corrected chi connectivity index (χ4v) is 1.79. The molecule has 0 aliphatic carbocycles. The van der Waals surface area contributed by atoms with Gasteiger partial charge >= 0.3 is 5.97 Å². The number of carbonyl (C=O) groups is 1. The molecule has 0 bridgehead atoms. The van der Waals surface area contributed by atoms with Crippen molar-refractivity contribution < 1.29 is 14.6 Å². The van der Waals surface area contributed by atoms with E-state index in [0.29, 0.717) is 23.6 Å². The largest absolute Gasteiger partial charge is 0.462 e. The van der Waals surface area contributed by atoms with Crippen molar-refractivity contribution in [1.29, 1.82) is 0 Å². The molecule has 0 saturated carbocycles. The molecule has 2 rings (SSSR count). The standard InChI is InChI=1S/C14H17N3O3/c1-3-7-20-14(19)11-5-4-6-12(8-11)17-10(2)13(9-18)15-16-17/h4-6,8,18H,3,7,9H2,1-2H3. The molecule has 0 atom stereocenters. The number of aliphatic hydroxyl groups is 1. The molecular formula is C14H17N3O3. The van der Waals surface area contributed by atoms with Gasteiger partial charge in [-0.1, -0.05) is 18.2 Å². The van der Waals surface area contributed by atoms with E-state index in [2.05, 4.69) is 10.3 Å². The molecule has 0 fully saturated rings. The molecule has 1 heterocycles. The van der Waals surface area contributed by atoms with Crippen LogP contribution >= 0.6 is 0 Å². The van der Waals surface area contributed by atoms with Crippen molar-refractivity contribution in [2.24, 2.45) is 0 Å². The zero-order valence-electron chi connectivity index (χ0n) is 11.5. The number of rotatable bonds is 5. The van der Waals surface area contributed by atoms with Crippen molar-refractivity contribution in [3.05, 3.63) is 41.2 Å². The van der Waals surface area contributed by atoms with Crippen LogP contribution in [0, 0.1) is 6.92 Å². The number of hydrogen-bond donors (Lipinski definition) is 1. The molecule has 20 heavy (non-hydrogen) atoms. The van der Waals surface area contributed by atoms with Gasteiger partial charge in [-0.2, -0.15) is 0 Å². The first-order valence-corrected chi connectivity index (χ1v) is 6.47. The van der Waals surface area contributed by atoms with Gasteiger partial charge in [0.15, 0.2) is 0 Å². The summed E-state index contributed by atoms with van der Waals surface area (Å²) in [4.78, 5) is 11.8. The van der Waals surface area contributed by atoms with Crippen LogP contribution in [-0.4, -0.2) is 32.7 Å². The predicted octanol–water partition coefficient (Wildman–Crippen LogP) is 1.63. The third-order valence-corrected chi connectivity index (χ3v) is 2.90. The Balaban J connectivity index is 2.29. The number of ether oxygens (including phenoxy) is 1. The van der Waals surface area contributed by atoms with Gasteiger partial charge in [-0.3, -0.25) is 0 Å². The van der Waals surface area contributed by atoms with Gasteiger partial charge in [-0.25, -0.2) is 9.48 Å².